The normalized spacial score (nSPS) is 10.1. The lowest BCUT2D eigenvalue weighted by molar-refractivity contribution is -0.136. The van der Waals surface area contributed by atoms with E-state index in [1.54, 1.807) is 42.5 Å². The molecule has 0 fully saturated rings. The van der Waals surface area contributed by atoms with Crippen molar-refractivity contribution in [3.8, 4) is 5.75 Å². The Hall–Kier alpha value is -2.24. The zero-order valence-corrected chi connectivity index (χ0v) is 14.4. The highest BCUT2D eigenvalue weighted by molar-refractivity contribution is 6.39. The second-order valence-corrected chi connectivity index (χ2v) is 5.67. The molecular weight excluding hydrogens is 351 g/mol. The van der Waals surface area contributed by atoms with Gasteiger partial charge in [-0.2, -0.15) is 0 Å². The number of hydrogen-bond donors (Lipinski definition) is 2. The third-order valence-corrected chi connectivity index (χ3v) is 3.67. The van der Waals surface area contributed by atoms with Crippen LogP contribution in [0.4, 0.5) is 5.69 Å². The van der Waals surface area contributed by atoms with Gasteiger partial charge in [-0.3, -0.25) is 9.59 Å². The quantitative estimate of drug-likeness (QED) is 0.793. The number of benzene rings is 2. The molecule has 0 atom stereocenters. The van der Waals surface area contributed by atoms with E-state index < -0.39 is 11.8 Å². The zero-order chi connectivity index (χ0) is 17.5. The largest absolute Gasteiger partial charge is 0.494 e. The Morgan fingerprint density at radius 1 is 1.04 bits per heavy atom. The summed E-state index contributed by atoms with van der Waals surface area (Å²) in [7, 11) is 0. The van der Waals surface area contributed by atoms with Crippen molar-refractivity contribution in [2.45, 2.75) is 13.5 Å². The van der Waals surface area contributed by atoms with Crippen molar-refractivity contribution >= 4 is 40.7 Å². The number of hydrogen-bond acceptors (Lipinski definition) is 3. The van der Waals surface area contributed by atoms with Crippen LogP contribution in [0.3, 0.4) is 0 Å². The first-order chi connectivity index (χ1) is 11.5. The molecule has 2 aromatic rings. The van der Waals surface area contributed by atoms with Gasteiger partial charge >= 0.3 is 11.8 Å². The Morgan fingerprint density at radius 3 is 2.38 bits per heavy atom. The molecule has 2 aromatic carbocycles. The van der Waals surface area contributed by atoms with Crippen molar-refractivity contribution in [3.63, 3.8) is 0 Å². The van der Waals surface area contributed by atoms with Crippen LogP contribution in [-0.4, -0.2) is 18.4 Å². The Morgan fingerprint density at radius 2 is 1.75 bits per heavy atom. The molecule has 0 saturated heterocycles. The smallest absolute Gasteiger partial charge is 0.313 e. The van der Waals surface area contributed by atoms with E-state index in [9.17, 15) is 9.59 Å². The van der Waals surface area contributed by atoms with Gasteiger partial charge in [0.2, 0.25) is 0 Å². The summed E-state index contributed by atoms with van der Waals surface area (Å²) in [6.07, 6.45) is 0. The molecule has 0 unspecified atom stereocenters. The van der Waals surface area contributed by atoms with Crippen molar-refractivity contribution < 1.29 is 14.3 Å². The van der Waals surface area contributed by atoms with Gasteiger partial charge in [0, 0.05) is 22.3 Å². The first kappa shape index (κ1) is 18.1. The SMILES string of the molecule is CCOc1ccc(NC(=O)C(=O)NCc2ccc(Cl)cc2Cl)cc1. The minimum Gasteiger partial charge on any atom is -0.494 e. The van der Waals surface area contributed by atoms with Crippen molar-refractivity contribution in [2.24, 2.45) is 0 Å². The third-order valence-electron chi connectivity index (χ3n) is 3.08. The van der Waals surface area contributed by atoms with Gasteiger partial charge in [0.05, 0.1) is 6.61 Å². The molecule has 0 radical (unpaired) electrons. The van der Waals surface area contributed by atoms with Gasteiger partial charge in [-0.25, -0.2) is 0 Å². The molecule has 0 bridgehead atoms. The lowest BCUT2D eigenvalue weighted by atomic mass is 10.2. The van der Waals surface area contributed by atoms with Crippen LogP contribution in [0.5, 0.6) is 5.75 Å². The zero-order valence-electron chi connectivity index (χ0n) is 12.9. The summed E-state index contributed by atoms with van der Waals surface area (Å²) in [5.41, 5.74) is 1.17. The van der Waals surface area contributed by atoms with Crippen LogP contribution >= 0.6 is 23.2 Å². The monoisotopic (exact) mass is 366 g/mol. The van der Waals surface area contributed by atoms with Gasteiger partial charge in [0.1, 0.15) is 5.75 Å². The second kappa shape index (κ2) is 8.57. The van der Waals surface area contributed by atoms with Crippen LogP contribution in [0, 0.1) is 0 Å². The topological polar surface area (TPSA) is 67.4 Å². The van der Waals surface area contributed by atoms with Crippen LogP contribution in [-0.2, 0) is 16.1 Å². The predicted octanol–water partition coefficient (Wildman–Crippen LogP) is 3.65. The number of rotatable bonds is 5. The lowest BCUT2D eigenvalue weighted by Crippen LogP contribution is -2.35. The minimum atomic E-state index is -0.760. The molecule has 2 amide bonds. The molecule has 0 aromatic heterocycles. The van der Waals surface area contributed by atoms with Gasteiger partial charge in [0.25, 0.3) is 0 Å². The molecule has 0 saturated carbocycles. The van der Waals surface area contributed by atoms with Gasteiger partial charge in [0.15, 0.2) is 0 Å². The summed E-state index contributed by atoms with van der Waals surface area (Å²) in [6.45, 7) is 2.57. The third kappa shape index (κ3) is 5.15. The van der Waals surface area contributed by atoms with Crippen LogP contribution in [0.15, 0.2) is 42.5 Å². The van der Waals surface area contributed by atoms with E-state index in [1.807, 2.05) is 6.92 Å². The maximum absolute atomic E-state index is 11.9. The predicted molar refractivity (Wildman–Crippen MR) is 94.5 cm³/mol. The molecule has 0 spiro atoms. The number of nitrogens with one attached hydrogen (secondary N) is 2. The second-order valence-electron chi connectivity index (χ2n) is 4.83. The van der Waals surface area contributed by atoms with E-state index in [1.165, 1.54) is 0 Å². The Labute approximate surface area is 149 Å². The minimum absolute atomic E-state index is 0.130. The Kier molecular flexibility index (Phi) is 6.46. The number of halogens is 2. The molecule has 24 heavy (non-hydrogen) atoms. The molecule has 0 aliphatic carbocycles. The fourth-order valence-corrected chi connectivity index (χ4v) is 2.39. The number of amides is 2. The highest BCUT2D eigenvalue weighted by Crippen LogP contribution is 2.20. The summed E-state index contributed by atoms with van der Waals surface area (Å²) in [5.74, 6) is -0.823. The summed E-state index contributed by atoms with van der Waals surface area (Å²) in [5, 5.41) is 5.95. The fourth-order valence-electron chi connectivity index (χ4n) is 1.91. The van der Waals surface area contributed by atoms with E-state index in [0.717, 1.165) is 0 Å². The van der Waals surface area contributed by atoms with E-state index in [4.69, 9.17) is 27.9 Å². The summed E-state index contributed by atoms with van der Waals surface area (Å²) in [6, 6.07) is 11.7. The number of carbonyl (C=O) groups excluding carboxylic acids is 2. The molecular formula is C17H16Cl2N2O3. The standard InChI is InChI=1S/C17H16Cl2N2O3/c1-2-24-14-7-5-13(6-8-14)21-17(23)16(22)20-10-11-3-4-12(18)9-15(11)19/h3-9H,2,10H2,1H3,(H,20,22)(H,21,23). The molecule has 2 N–H and O–H groups in total. The molecule has 126 valence electrons. The summed E-state index contributed by atoms with van der Waals surface area (Å²) < 4.78 is 5.31. The first-order valence-electron chi connectivity index (χ1n) is 7.25. The maximum atomic E-state index is 11.9. The van der Waals surface area contributed by atoms with Crippen LogP contribution < -0.4 is 15.4 Å². The van der Waals surface area contributed by atoms with E-state index >= 15 is 0 Å². The molecule has 2 rings (SSSR count). The van der Waals surface area contributed by atoms with Gasteiger partial charge in [-0.05, 0) is 48.9 Å². The van der Waals surface area contributed by atoms with E-state index in [0.29, 0.717) is 33.7 Å². The van der Waals surface area contributed by atoms with Gasteiger partial charge in [-0.15, -0.1) is 0 Å². The van der Waals surface area contributed by atoms with Gasteiger partial charge < -0.3 is 15.4 Å². The molecule has 0 aliphatic heterocycles. The maximum Gasteiger partial charge on any atom is 0.313 e. The summed E-state index contributed by atoms with van der Waals surface area (Å²) >= 11 is 11.8. The summed E-state index contributed by atoms with van der Waals surface area (Å²) in [4.78, 5) is 23.7. The first-order valence-corrected chi connectivity index (χ1v) is 8.01. The number of carbonyl (C=O) groups is 2. The van der Waals surface area contributed by atoms with E-state index in [-0.39, 0.29) is 6.54 Å². The molecule has 0 aliphatic rings. The fraction of sp³-hybridized carbons (Fsp3) is 0.176. The average molecular weight is 367 g/mol. The van der Waals surface area contributed by atoms with Crippen molar-refractivity contribution in [1.82, 2.24) is 5.32 Å². The van der Waals surface area contributed by atoms with E-state index in [2.05, 4.69) is 10.6 Å². The molecule has 0 heterocycles. The highest BCUT2D eigenvalue weighted by Gasteiger charge is 2.14. The average Bonchev–Trinajstić information content (AvgIpc) is 2.56. The Balaban J connectivity index is 1.88. The molecule has 7 heteroatoms. The van der Waals surface area contributed by atoms with Crippen LogP contribution in [0.1, 0.15) is 12.5 Å². The highest BCUT2D eigenvalue weighted by atomic mass is 35.5. The van der Waals surface area contributed by atoms with Gasteiger partial charge in [-0.1, -0.05) is 29.3 Å². The van der Waals surface area contributed by atoms with Crippen molar-refractivity contribution in [2.75, 3.05) is 11.9 Å². The van der Waals surface area contributed by atoms with Crippen LogP contribution in [0.25, 0.3) is 0 Å². The van der Waals surface area contributed by atoms with Crippen molar-refractivity contribution in [1.29, 1.82) is 0 Å². The number of ether oxygens (including phenoxy) is 1. The lowest BCUT2D eigenvalue weighted by Gasteiger charge is -2.09. The molecule has 5 nitrogen and oxygen atoms in total. The number of anilines is 1. The van der Waals surface area contributed by atoms with Crippen molar-refractivity contribution in [3.05, 3.63) is 58.1 Å². The van der Waals surface area contributed by atoms with Crippen LogP contribution in [0.2, 0.25) is 10.0 Å². The Bertz CT molecular complexity index is 733.